The van der Waals surface area contributed by atoms with Gasteiger partial charge in [0.15, 0.2) is 5.65 Å². The molecule has 2 aliphatic carbocycles. The van der Waals surface area contributed by atoms with Crippen LogP contribution in [0.2, 0.25) is 0 Å². The molecule has 0 saturated heterocycles. The first-order valence-corrected chi connectivity index (χ1v) is 9.21. The van der Waals surface area contributed by atoms with E-state index in [-0.39, 0.29) is 0 Å². The first-order valence-electron chi connectivity index (χ1n) is 9.21. The molecule has 0 unspecified atom stereocenters. The highest BCUT2D eigenvalue weighted by Crippen LogP contribution is 2.35. The summed E-state index contributed by atoms with van der Waals surface area (Å²) in [5.74, 6) is 2.54. The smallest absolute Gasteiger partial charge is 0.211 e. The molecule has 0 aliphatic heterocycles. The fourth-order valence-electron chi connectivity index (χ4n) is 3.90. The van der Waals surface area contributed by atoms with Crippen LogP contribution in [0.5, 0.6) is 0 Å². The Morgan fingerprint density at radius 2 is 1.88 bits per heavy atom. The maximum Gasteiger partial charge on any atom is 0.211 e. The minimum atomic E-state index is 0.512. The number of aromatic nitrogens is 4. The molecule has 124 valence electrons. The quantitative estimate of drug-likeness (QED) is 0.785. The van der Waals surface area contributed by atoms with Crippen LogP contribution in [0.1, 0.15) is 62.3 Å². The summed E-state index contributed by atoms with van der Waals surface area (Å²) in [7, 11) is 0. The van der Waals surface area contributed by atoms with Crippen LogP contribution < -0.4 is 5.32 Å². The van der Waals surface area contributed by atoms with Gasteiger partial charge >= 0.3 is 0 Å². The number of fused-ring (bicyclic) bond motifs is 3. The van der Waals surface area contributed by atoms with Crippen LogP contribution in [0.15, 0.2) is 18.2 Å². The van der Waals surface area contributed by atoms with Gasteiger partial charge in [-0.1, -0.05) is 30.9 Å². The second kappa shape index (κ2) is 5.43. The summed E-state index contributed by atoms with van der Waals surface area (Å²) < 4.78 is 2.20. The van der Waals surface area contributed by atoms with E-state index in [0.717, 1.165) is 28.3 Å². The Labute approximate surface area is 141 Å². The summed E-state index contributed by atoms with van der Waals surface area (Å²) in [4.78, 5) is 4.92. The van der Waals surface area contributed by atoms with Crippen LogP contribution in [0, 0.1) is 6.92 Å². The number of nitrogens with one attached hydrogen (secondary N) is 1. The Morgan fingerprint density at radius 3 is 2.67 bits per heavy atom. The molecule has 2 heterocycles. The van der Waals surface area contributed by atoms with Crippen molar-refractivity contribution in [3.05, 3.63) is 29.6 Å². The predicted octanol–water partition coefficient (Wildman–Crippen LogP) is 4.21. The van der Waals surface area contributed by atoms with E-state index in [1.54, 1.807) is 0 Å². The standard InChI is InChI=1S/C19H23N5/c1-12-7-10-16-15(11-12)18-23-22-17(13-5-3-2-4-6-13)24(18)19(21-16)20-14-8-9-14/h7,10-11,13-14H,2-6,8-9H2,1H3,(H,20,21). The van der Waals surface area contributed by atoms with Gasteiger partial charge in [0.05, 0.1) is 5.52 Å². The number of benzene rings is 1. The zero-order valence-electron chi connectivity index (χ0n) is 14.1. The predicted molar refractivity (Wildman–Crippen MR) is 95.5 cm³/mol. The number of anilines is 1. The SMILES string of the molecule is Cc1ccc2nc(NC3CC3)n3c(C4CCCCC4)nnc3c2c1. The molecule has 5 rings (SSSR count). The van der Waals surface area contributed by atoms with Crippen LogP contribution >= 0.6 is 0 Å². The van der Waals surface area contributed by atoms with Crippen molar-refractivity contribution in [2.75, 3.05) is 5.32 Å². The van der Waals surface area contributed by atoms with E-state index < -0.39 is 0 Å². The van der Waals surface area contributed by atoms with Crippen LogP contribution in [0.25, 0.3) is 16.6 Å². The van der Waals surface area contributed by atoms with E-state index in [4.69, 9.17) is 4.98 Å². The first kappa shape index (κ1) is 14.2. The molecule has 0 spiro atoms. The van der Waals surface area contributed by atoms with Gasteiger partial charge in [0, 0.05) is 17.3 Å². The van der Waals surface area contributed by atoms with E-state index in [2.05, 4.69) is 45.0 Å². The van der Waals surface area contributed by atoms with Gasteiger partial charge in [0.2, 0.25) is 5.95 Å². The van der Waals surface area contributed by atoms with Crippen molar-refractivity contribution in [2.45, 2.75) is 63.8 Å². The molecule has 1 N–H and O–H groups in total. The van der Waals surface area contributed by atoms with E-state index in [1.165, 1.54) is 50.5 Å². The summed E-state index contributed by atoms with van der Waals surface area (Å²) in [6.45, 7) is 2.12. The average molecular weight is 321 g/mol. The van der Waals surface area contributed by atoms with Gasteiger partial charge in [-0.2, -0.15) is 0 Å². The van der Waals surface area contributed by atoms with Gasteiger partial charge in [-0.15, -0.1) is 10.2 Å². The molecule has 2 fully saturated rings. The number of hydrogen-bond donors (Lipinski definition) is 1. The minimum Gasteiger partial charge on any atom is -0.353 e. The summed E-state index contributed by atoms with van der Waals surface area (Å²) in [5, 5.41) is 13.9. The average Bonchev–Trinajstić information content (AvgIpc) is 3.30. The molecule has 2 aromatic heterocycles. The third-order valence-electron chi connectivity index (χ3n) is 5.40. The summed E-state index contributed by atoms with van der Waals surface area (Å²) in [5.41, 5.74) is 3.18. The van der Waals surface area contributed by atoms with Crippen molar-refractivity contribution in [3.63, 3.8) is 0 Å². The Balaban J connectivity index is 1.74. The van der Waals surface area contributed by atoms with Crippen LogP contribution in [0.3, 0.4) is 0 Å². The van der Waals surface area contributed by atoms with Crippen molar-refractivity contribution in [2.24, 2.45) is 0 Å². The second-order valence-corrected chi connectivity index (χ2v) is 7.43. The summed E-state index contributed by atoms with van der Waals surface area (Å²) in [6.07, 6.45) is 8.84. The van der Waals surface area contributed by atoms with Crippen LogP contribution in [-0.2, 0) is 0 Å². The molecule has 3 aromatic rings. The molecule has 1 aromatic carbocycles. The molecule has 0 amide bonds. The lowest BCUT2D eigenvalue weighted by molar-refractivity contribution is 0.426. The highest BCUT2D eigenvalue weighted by atomic mass is 15.3. The number of aryl methyl sites for hydroxylation is 1. The molecule has 2 aliphatic rings. The number of hydrogen-bond acceptors (Lipinski definition) is 4. The summed E-state index contributed by atoms with van der Waals surface area (Å²) >= 11 is 0. The Morgan fingerprint density at radius 1 is 1.04 bits per heavy atom. The summed E-state index contributed by atoms with van der Waals surface area (Å²) in [6, 6.07) is 6.95. The lowest BCUT2D eigenvalue weighted by Crippen LogP contribution is -2.14. The van der Waals surface area contributed by atoms with Gasteiger partial charge in [0.25, 0.3) is 0 Å². The third-order valence-corrected chi connectivity index (χ3v) is 5.40. The zero-order chi connectivity index (χ0) is 16.1. The van der Waals surface area contributed by atoms with Crippen molar-refractivity contribution >= 4 is 22.5 Å². The lowest BCUT2D eigenvalue weighted by atomic mass is 9.89. The first-order chi connectivity index (χ1) is 11.8. The minimum absolute atomic E-state index is 0.512. The molecular formula is C19H23N5. The maximum atomic E-state index is 4.92. The molecular weight excluding hydrogens is 298 g/mol. The largest absolute Gasteiger partial charge is 0.353 e. The molecule has 0 bridgehead atoms. The van der Waals surface area contributed by atoms with Gasteiger partial charge in [-0.25, -0.2) is 9.38 Å². The zero-order valence-corrected chi connectivity index (χ0v) is 14.1. The normalized spacial score (nSPS) is 19.2. The van der Waals surface area contributed by atoms with Crippen molar-refractivity contribution in [3.8, 4) is 0 Å². The van der Waals surface area contributed by atoms with E-state index in [0.29, 0.717) is 12.0 Å². The topological polar surface area (TPSA) is 55.1 Å². The fraction of sp³-hybridized carbons (Fsp3) is 0.526. The van der Waals surface area contributed by atoms with Crippen LogP contribution in [-0.4, -0.2) is 25.6 Å². The van der Waals surface area contributed by atoms with Crippen molar-refractivity contribution in [1.82, 2.24) is 19.6 Å². The van der Waals surface area contributed by atoms with Crippen molar-refractivity contribution < 1.29 is 0 Å². The Kier molecular flexibility index (Phi) is 3.21. The third kappa shape index (κ3) is 2.34. The van der Waals surface area contributed by atoms with E-state index in [1.807, 2.05) is 0 Å². The second-order valence-electron chi connectivity index (χ2n) is 7.43. The van der Waals surface area contributed by atoms with Gasteiger partial charge in [-0.3, -0.25) is 0 Å². The highest BCUT2D eigenvalue weighted by molar-refractivity contribution is 5.93. The van der Waals surface area contributed by atoms with E-state index in [9.17, 15) is 0 Å². The van der Waals surface area contributed by atoms with Gasteiger partial charge < -0.3 is 5.32 Å². The Hall–Kier alpha value is -2.17. The number of nitrogens with zero attached hydrogens (tertiary/aromatic N) is 4. The van der Waals surface area contributed by atoms with Crippen molar-refractivity contribution in [1.29, 1.82) is 0 Å². The van der Waals surface area contributed by atoms with Gasteiger partial charge in [-0.05, 0) is 44.7 Å². The van der Waals surface area contributed by atoms with Crippen LogP contribution in [0.4, 0.5) is 5.95 Å². The molecule has 24 heavy (non-hydrogen) atoms. The van der Waals surface area contributed by atoms with E-state index >= 15 is 0 Å². The van der Waals surface area contributed by atoms with Gasteiger partial charge in [0.1, 0.15) is 5.82 Å². The Bertz CT molecular complexity index is 903. The molecule has 5 heteroatoms. The lowest BCUT2D eigenvalue weighted by Gasteiger charge is -2.21. The molecule has 5 nitrogen and oxygen atoms in total. The fourth-order valence-corrected chi connectivity index (χ4v) is 3.90. The number of rotatable bonds is 3. The highest BCUT2D eigenvalue weighted by Gasteiger charge is 2.27. The molecule has 0 atom stereocenters. The monoisotopic (exact) mass is 321 g/mol. The maximum absolute atomic E-state index is 4.92. The molecule has 2 saturated carbocycles. The molecule has 0 radical (unpaired) electrons.